The average Bonchev–Trinajstić information content (AvgIpc) is 2.51. The third-order valence-corrected chi connectivity index (χ3v) is 3.04. The third kappa shape index (κ3) is 1.64. The molecule has 1 saturated heterocycles. The molecule has 0 aromatic carbocycles. The lowest BCUT2D eigenvalue weighted by Gasteiger charge is -2.32. The van der Waals surface area contributed by atoms with E-state index in [9.17, 15) is 0 Å². The van der Waals surface area contributed by atoms with E-state index >= 15 is 0 Å². The summed E-state index contributed by atoms with van der Waals surface area (Å²) in [6, 6.07) is 0. The SMILES string of the molecule is CCO[C@@H]1CC[C@@H]2CCC[C@@H]2O1. The molecular weight excluding hydrogens is 152 g/mol. The molecular formula is C10H18O2. The second-order valence-corrected chi connectivity index (χ2v) is 3.83. The van der Waals surface area contributed by atoms with Gasteiger partial charge in [-0.1, -0.05) is 6.42 Å². The van der Waals surface area contributed by atoms with Crippen molar-refractivity contribution in [3.8, 4) is 0 Å². The summed E-state index contributed by atoms with van der Waals surface area (Å²) in [5.41, 5.74) is 0. The molecule has 12 heavy (non-hydrogen) atoms. The van der Waals surface area contributed by atoms with Crippen molar-refractivity contribution in [1.29, 1.82) is 0 Å². The summed E-state index contributed by atoms with van der Waals surface area (Å²) in [5.74, 6) is 0.849. The van der Waals surface area contributed by atoms with Crippen LogP contribution in [0.4, 0.5) is 0 Å². The van der Waals surface area contributed by atoms with Crippen molar-refractivity contribution in [2.24, 2.45) is 5.92 Å². The summed E-state index contributed by atoms with van der Waals surface area (Å²) in [5, 5.41) is 0. The monoisotopic (exact) mass is 170 g/mol. The third-order valence-electron chi connectivity index (χ3n) is 3.04. The Morgan fingerprint density at radius 2 is 2.17 bits per heavy atom. The molecule has 2 rings (SSSR count). The van der Waals surface area contributed by atoms with Crippen LogP contribution in [0, 0.1) is 5.92 Å². The van der Waals surface area contributed by atoms with E-state index in [2.05, 4.69) is 0 Å². The van der Waals surface area contributed by atoms with E-state index in [1.54, 1.807) is 0 Å². The highest BCUT2D eigenvalue weighted by molar-refractivity contribution is 4.82. The van der Waals surface area contributed by atoms with Gasteiger partial charge in [0.2, 0.25) is 0 Å². The van der Waals surface area contributed by atoms with Crippen molar-refractivity contribution in [3.63, 3.8) is 0 Å². The molecule has 2 nitrogen and oxygen atoms in total. The van der Waals surface area contributed by atoms with Gasteiger partial charge in [0.05, 0.1) is 6.10 Å². The first-order chi connectivity index (χ1) is 5.90. The summed E-state index contributed by atoms with van der Waals surface area (Å²) in [6.45, 7) is 2.81. The van der Waals surface area contributed by atoms with Crippen LogP contribution in [0.15, 0.2) is 0 Å². The molecule has 2 fully saturated rings. The van der Waals surface area contributed by atoms with Gasteiger partial charge in [-0.05, 0) is 38.5 Å². The summed E-state index contributed by atoms with van der Waals surface area (Å²) in [4.78, 5) is 0. The van der Waals surface area contributed by atoms with Gasteiger partial charge in [0, 0.05) is 6.61 Å². The highest BCUT2D eigenvalue weighted by Gasteiger charge is 2.34. The molecule has 0 aromatic rings. The van der Waals surface area contributed by atoms with Crippen molar-refractivity contribution in [1.82, 2.24) is 0 Å². The maximum Gasteiger partial charge on any atom is 0.157 e. The zero-order valence-corrected chi connectivity index (χ0v) is 7.79. The number of hydrogen-bond acceptors (Lipinski definition) is 2. The minimum atomic E-state index is 0.106. The summed E-state index contributed by atoms with van der Waals surface area (Å²) >= 11 is 0. The first-order valence-corrected chi connectivity index (χ1v) is 5.17. The fourth-order valence-electron chi connectivity index (χ4n) is 2.43. The lowest BCUT2D eigenvalue weighted by molar-refractivity contribution is -0.201. The van der Waals surface area contributed by atoms with Crippen molar-refractivity contribution in [2.75, 3.05) is 6.61 Å². The molecule has 70 valence electrons. The van der Waals surface area contributed by atoms with Crippen LogP contribution >= 0.6 is 0 Å². The second kappa shape index (κ2) is 3.75. The Labute approximate surface area is 74.2 Å². The minimum absolute atomic E-state index is 0.106. The topological polar surface area (TPSA) is 18.5 Å². The van der Waals surface area contributed by atoms with Crippen LogP contribution in [-0.2, 0) is 9.47 Å². The summed E-state index contributed by atoms with van der Waals surface area (Å²) in [6.07, 6.45) is 7.04. The number of hydrogen-bond donors (Lipinski definition) is 0. The van der Waals surface area contributed by atoms with Crippen LogP contribution in [0.25, 0.3) is 0 Å². The molecule has 0 unspecified atom stereocenters. The quantitative estimate of drug-likeness (QED) is 0.633. The number of fused-ring (bicyclic) bond motifs is 1. The lowest BCUT2D eigenvalue weighted by atomic mass is 9.97. The zero-order chi connectivity index (χ0) is 8.39. The van der Waals surface area contributed by atoms with E-state index in [-0.39, 0.29) is 6.29 Å². The molecule has 0 amide bonds. The van der Waals surface area contributed by atoms with Gasteiger partial charge in [0.25, 0.3) is 0 Å². The van der Waals surface area contributed by atoms with Crippen LogP contribution in [0.2, 0.25) is 0 Å². The Bertz CT molecular complexity index is 147. The Morgan fingerprint density at radius 1 is 1.25 bits per heavy atom. The van der Waals surface area contributed by atoms with E-state index in [4.69, 9.17) is 9.47 Å². The molecule has 3 atom stereocenters. The molecule has 0 N–H and O–H groups in total. The predicted molar refractivity (Wildman–Crippen MR) is 46.9 cm³/mol. The maximum atomic E-state index is 5.83. The molecule has 0 radical (unpaired) electrons. The van der Waals surface area contributed by atoms with Crippen LogP contribution in [0.5, 0.6) is 0 Å². The average molecular weight is 170 g/mol. The van der Waals surface area contributed by atoms with Crippen molar-refractivity contribution in [2.45, 2.75) is 51.4 Å². The van der Waals surface area contributed by atoms with E-state index in [1.807, 2.05) is 6.92 Å². The van der Waals surface area contributed by atoms with Gasteiger partial charge in [0.1, 0.15) is 0 Å². The lowest BCUT2D eigenvalue weighted by Crippen LogP contribution is -2.33. The Balaban J connectivity index is 1.84. The van der Waals surface area contributed by atoms with Gasteiger partial charge in [-0.2, -0.15) is 0 Å². The van der Waals surface area contributed by atoms with Crippen molar-refractivity contribution in [3.05, 3.63) is 0 Å². The van der Waals surface area contributed by atoms with E-state index in [1.165, 1.54) is 25.7 Å². The molecule has 1 aliphatic heterocycles. The molecule has 0 spiro atoms. The first-order valence-electron chi connectivity index (χ1n) is 5.17. The van der Waals surface area contributed by atoms with Gasteiger partial charge < -0.3 is 9.47 Å². The molecule has 1 aliphatic carbocycles. The normalized spacial score (nSPS) is 41.2. The second-order valence-electron chi connectivity index (χ2n) is 3.83. The first kappa shape index (κ1) is 8.52. The Hall–Kier alpha value is -0.0800. The van der Waals surface area contributed by atoms with Gasteiger partial charge in [-0.25, -0.2) is 0 Å². The van der Waals surface area contributed by atoms with Crippen molar-refractivity contribution >= 4 is 0 Å². The van der Waals surface area contributed by atoms with Crippen LogP contribution in [0.3, 0.4) is 0 Å². The minimum Gasteiger partial charge on any atom is -0.353 e. The zero-order valence-electron chi connectivity index (χ0n) is 7.79. The van der Waals surface area contributed by atoms with Gasteiger partial charge in [-0.3, -0.25) is 0 Å². The largest absolute Gasteiger partial charge is 0.353 e. The fraction of sp³-hybridized carbons (Fsp3) is 1.00. The highest BCUT2D eigenvalue weighted by atomic mass is 16.7. The molecule has 1 heterocycles. The summed E-state index contributed by atoms with van der Waals surface area (Å²) < 4.78 is 11.3. The molecule has 0 bridgehead atoms. The van der Waals surface area contributed by atoms with E-state index in [0.717, 1.165) is 18.9 Å². The number of ether oxygens (including phenoxy) is 2. The van der Waals surface area contributed by atoms with Crippen LogP contribution in [0.1, 0.15) is 39.0 Å². The maximum absolute atomic E-state index is 5.83. The van der Waals surface area contributed by atoms with E-state index < -0.39 is 0 Å². The summed E-state index contributed by atoms with van der Waals surface area (Å²) in [7, 11) is 0. The van der Waals surface area contributed by atoms with Gasteiger partial charge >= 0.3 is 0 Å². The predicted octanol–water partition coefficient (Wildman–Crippen LogP) is 2.33. The molecule has 2 heteroatoms. The van der Waals surface area contributed by atoms with Crippen LogP contribution in [-0.4, -0.2) is 19.0 Å². The molecule has 2 aliphatic rings. The van der Waals surface area contributed by atoms with Crippen molar-refractivity contribution < 1.29 is 9.47 Å². The standard InChI is InChI=1S/C10H18O2/c1-2-11-10-7-6-8-4-3-5-9(8)12-10/h8-10H,2-7H2,1H3/t8-,9-,10-/m0/s1. The smallest absolute Gasteiger partial charge is 0.157 e. The molecule has 0 aromatic heterocycles. The fourth-order valence-corrected chi connectivity index (χ4v) is 2.43. The highest BCUT2D eigenvalue weighted by Crippen LogP contribution is 2.37. The Morgan fingerprint density at radius 3 is 3.00 bits per heavy atom. The van der Waals surface area contributed by atoms with Gasteiger partial charge in [0.15, 0.2) is 6.29 Å². The van der Waals surface area contributed by atoms with Gasteiger partial charge in [-0.15, -0.1) is 0 Å². The molecule has 1 saturated carbocycles. The number of rotatable bonds is 2. The Kier molecular flexibility index (Phi) is 2.66. The van der Waals surface area contributed by atoms with E-state index in [0.29, 0.717) is 6.10 Å². The van der Waals surface area contributed by atoms with Crippen LogP contribution < -0.4 is 0 Å².